The number of esters is 1. The number of anilines is 1. The van der Waals surface area contributed by atoms with E-state index in [0.29, 0.717) is 18.5 Å². The number of benzene rings is 2. The van der Waals surface area contributed by atoms with E-state index in [1.165, 1.54) is 31.4 Å². The minimum Gasteiger partial charge on any atom is -0.465 e. The second kappa shape index (κ2) is 9.35. The molecule has 0 saturated heterocycles. The number of carbonyl (C=O) groups is 1. The second-order valence-corrected chi connectivity index (χ2v) is 7.45. The molecule has 0 atom stereocenters. The number of nitrogens with one attached hydrogen (secondary N) is 1. The fourth-order valence-corrected chi connectivity index (χ4v) is 3.63. The van der Waals surface area contributed by atoms with Crippen LogP contribution in [0.5, 0.6) is 0 Å². The van der Waals surface area contributed by atoms with Gasteiger partial charge in [-0.25, -0.2) is 17.9 Å². The summed E-state index contributed by atoms with van der Waals surface area (Å²) in [5.41, 5.74) is 1.43. The van der Waals surface area contributed by atoms with E-state index in [1.807, 2.05) is 30.3 Å². The van der Waals surface area contributed by atoms with Gasteiger partial charge in [0.15, 0.2) is 0 Å². The van der Waals surface area contributed by atoms with E-state index >= 15 is 0 Å². The van der Waals surface area contributed by atoms with Crippen molar-refractivity contribution in [2.24, 2.45) is 0 Å². The highest BCUT2D eigenvalue weighted by atomic mass is 32.2. The SMILES string of the molecule is CCN(CCCNS(=O)(=O)c1ccc(C(=O)OC)cc1)c1ccccc1. The van der Waals surface area contributed by atoms with Crippen LogP contribution < -0.4 is 9.62 Å². The fraction of sp³-hybridized carbons (Fsp3) is 0.316. The Balaban J connectivity index is 1.89. The van der Waals surface area contributed by atoms with Crippen LogP contribution in [-0.2, 0) is 14.8 Å². The van der Waals surface area contributed by atoms with Crippen LogP contribution in [0.15, 0.2) is 59.5 Å². The van der Waals surface area contributed by atoms with Crippen LogP contribution in [0.4, 0.5) is 5.69 Å². The molecule has 0 aliphatic heterocycles. The van der Waals surface area contributed by atoms with Gasteiger partial charge in [0.25, 0.3) is 0 Å². The third-order valence-electron chi connectivity index (χ3n) is 3.99. The van der Waals surface area contributed by atoms with Crippen molar-refractivity contribution in [2.45, 2.75) is 18.2 Å². The molecular weight excluding hydrogens is 352 g/mol. The fourth-order valence-electron chi connectivity index (χ4n) is 2.56. The van der Waals surface area contributed by atoms with Gasteiger partial charge in [-0.2, -0.15) is 0 Å². The largest absolute Gasteiger partial charge is 0.465 e. The van der Waals surface area contributed by atoms with Crippen LogP contribution in [0.3, 0.4) is 0 Å². The Morgan fingerprint density at radius 1 is 1.08 bits per heavy atom. The van der Waals surface area contributed by atoms with E-state index in [4.69, 9.17) is 0 Å². The molecule has 6 nitrogen and oxygen atoms in total. The highest BCUT2D eigenvalue weighted by Gasteiger charge is 2.15. The molecule has 0 heterocycles. The van der Waals surface area contributed by atoms with Gasteiger partial charge in [-0.15, -0.1) is 0 Å². The molecule has 1 N–H and O–H groups in total. The highest BCUT2D eigenvalue weighted by molar-refractivity contribution is 7.89. The van der Waals surface area contributed by atoms with Crippen LogP contribution in [0, 0.1) is 0 Å². The third-order valence-corrected chi connectivity index (χ3v) is 5.46. The maximum atomic E-state index is 12.3. The first-order valence-corrected chi connectivity index (χ1v) is 9.94. The number of para-hydroxylation sites is 1. The van der Waals surface area contributed by atoms with Gasteiger partial charge in [0, 0.05) is 25.3 Å². The van der Waals surface area contributed by atoms with Crippen molar-refractivity contribution in [1.82, 2.24) is 4.72 Å². The van der Waals surface area contributed by atoms with Gasteiger partial charge >= 0.3 is 5.97 Å². The smallest absolute Gasteiger partial charge is 0.337 e. The highest BCUT2D eigenvalue weighted by Crippen LogP contribution is 2.14. The van der Waals surface area contributed by atoms with E-state index in [-0.39, 0.29) is 4.90 Å². The van der Waals surface area contributed by atoms with Crippen LogP contribution >= 0.6 is 0 Å². The van der Waals surface area contributed by atoms with Gasteiger partial charge in [0.2, 0.25) is 10.0 Å². The Kier molecular flexibility index (Phi) is 7.17. The molecule has 2 aromatic carbocycles. The summed E-state index contributed by atoms with van der Waals surface area (Å²) in [4.78, 5) is 13.7. The maximum absolute atomic E-state index is 12.3. The number of hydrogen-bond donors (Lipinski definition) is 1. The van der Waals surface area contributed by atoms with E-state index in [1.54, 1.807) is 0 Å². The van der Waals surface area contributed by atoms with Crippen LogP contribution in [0.1, 0.15) is 23.7 Å². The third kappa shape index (κ3) is 5.31. The van der Waals surface area contributed by atoms with E-state index in [2.05, 4.69) is 21.3 Å². The van der Waals surface area contributed by atoms with Crippen molar-refractivity contribution < 1.29 is 17.9 Å². The first-order chi connectivity index (χ1) is 12.5. The monoisotopic (exact) mass is 376 g/mol. The summed E-state index contributed by atoms with van der Waals surface area (Å²) in [6.07, 6.45) is 0.683. The van der Waals surface area contributed by atoms with Crippen molar-refractivity contribution >= 4 is 21.7 Å². The summed E-state index contributed by atoms with van der Waals surface area (Å²) >= 11 is 0. The van der Waals surface area contributed by atoms with E-state index in [0.717, 1.165) is 18.8 Å². The molecule has 0 aliphatic carbocycles. The average molecular weight is 376 g/mol. The summed E-state index contributed by atoms with van der Waals surface area (Å²) in [7, 11) is -2.32. The topological polar surface area (TPSA) is 75.7 Å². The van der Waals surface area contributed by atoms with Crippen molar-refractivity contribution in [3.63, 3.8) is 0 Å². The lowest BCUT2D eigenvalue weighted by atomic mass is 10.2. The summed E-state index contributed by atoms with van der Waals surface area (Å²) in [6.45, 7) is 4.01. The Morgan fingerprint density at radius 3 is 2.31 bits per heavy atom. The normalized spacial score (nSPS) is 11.2. The zero-order chi connectivity index (χ0) is 19.0. The Hall–Kier alpha value is -2.38. The first kappa shape index (κ1) is 19.9. The molecule has 26 heavy (non-hydrogen) atoms. The summed E-state index contributed by atoms with van der Waals surface area (Å²) in [5.74, 6) is -0.498. The molecule has 0 saturated carbocycles. The van der Waals surface area contributed by atoms with Crippen molar-refractivity contribution in [3.05, 3.63) is 60.2 Å². The van der Waals surface area contributed by atoms with Crippen molar-refractivity contribution in [1.29, 1.82) is 0 Å². The molecule has 0 fully saturated rings. The Labute approximate surface area is 154 Å². The molecular formula is C19H24N2O4S. The van der Waals surface area contributed by atoms with Gasteiger partial charge < -0.3 is 9.64 Å². The van der Waals surface area contributed by atoms with Crippen LogP contribution in [-0.4, -0.2) is 41.1 Å². The maximum Gasteiger partial charge on any atom is 0.337 e. The molecule has 2 aromatic rings. The number of sulfonamides is 1. The molecule has 0 radical (unpaired) electrons. The molecule has 0 unspecified atom stereocenters. The van der Waals surface area contributed by atoms with Gasteiger partial charge in [0.1, 0.15) is 0 Å². The van der Waals surface area contributed by atoms with Gasteiger partial charge in [0.05, 0.1) is 17.6 Å². The van der Waals surface area contributed by atoms with Gasteiger partial charge in [-0.05, 0) is 49.7 Å². The molecule has 0 bridgehead atoms. The Morgan fingerprint density at radius 2 is 1.73 bits per heavy atom. The number of carbonyl (C=O) groups excluding carboxylic acids is 1. The number of methoxy groups -OCH3 is 1. The minimum atomic E-state index is -3.60. The molecule has 0 aliphatic rings. The zero-order valence-electron chi connectivity index (χ0n) is 15.0. The lowest BCUT2D eigenvalue weighted by molar-refractivity contribution is 0.0600. The number of nitrogens with zero attached hydrogens (tertiary/aromatic N) is 1. The van der Waals surface area contributed by atoms with Crippen molar-refractivity contribution in [3.8, 4) is 0 Å². The first-order valence-electron chi connectivity index (χ1n) is 8.46. The average Bonchev–Trinajstić information content (AvgIpc) is 2.68. The summed E-state index contributed by atoms with van der Waals surface area (Å²) in [6, 6.07) is 15.7. The zero-order valence-corrected chi connectivity index (χ0v) is 15.8. The molecule has 140 valence electrons. The lowest BCUT2D eigenvalue weighted by Gasteiger charge is -2.23. The number of ether oxygens (including phenoxy) is 1. The molecule has 0 aromatic heterocycles. The minimum absolute atomic E-state index is 0.126. The molecule has 7 heteroatoms. The quantitative estimate of drug-likeness (QED) is 0.538. The number of hydrogen-bond acceptors (Lipinski definition) is 5. The summed E-state index contributed by atoms with van der Waals surface area (Å²) < 4.78 is 31.9. The predicted molar refractivity (Wildman–Crippen MR) is 102 cm³/mol. The standard InChI is InChI=1S/C19H24N2O4S/c1-3-21(17-8-5-4-6-9-17)15-7-14-20-26(23,24)18-12-10-16(11-13-18)19(22)25-2/h4-6,8-13,20H,3,7,14-15H2,1-2H3. The van der Waals surface area contributed by atoms with Gasteiger partial charge in [-0.3, -0.25) is 0 Å². The number of rotatable bonds is 9. The lowest BCUT2D eigenvalue weighted by Crippen LogP contribution is -2.30. The predicted octanol–water partition coefficient (Wildman–Crippen LogP) is 2.67. The van der Waals surface area contributed by atoms with Crippen LogP contribution in [0.2, 0.25) is 0 Å². The molecule has 0 spiro atoms. The van der Waals surface area contributed by atoms with Crippen LogP contribution in [0.25, 0.3) is 0 Å². The van der Waals surface area contributed by atoms with E-state index < -0.39 is 16.0 Å². The second-order valence-electron chi connectivity index (χ2n) is 5.68. The molecule has 0 amide bonds. The van der Waals surface area contributed by atoms with Gasteiger partial charge in [-0.1, -0.05) is 18.2 Å². The Bertz CT molecular complexity index is 805. The van der Waals surface area contributed by atoms with Crippen molar-refractivity contribution in [2.75, 3.05) is 31.6 Å². The van der Waals surface area contributed by atoms with E-state index in [9.17, 15) is 13.2 Å². The summed E-state index contributed by atoms with van der Waals surface area (Å²) in [5, 5.41) is 0. The molecule has 2 rings (SSSR count).